The van der Waals surface area contributed by atoms with E-state index in [-0.39, 0.29) is 30.5 Å². The van der Waals surface area contributed by atoms with E-state index in [1.165, 1.54) is 0 Å². The van der Waals surface area contributed by atoms with E-state index in [0.29, 0.717) is 13.1 Å². The van der Waals surface area contributed by atoms with Crippen molar-refractivity contribution in [1.29, 1.82) is 0 Å². The van der Waals surface area contributed by atoms with Gasteiger partial charge in [-0.05, 0) is 19.4 Å². The standard InChI is InChI=1S/C14H20N2O2.ClH/c1-10-8-16(14(17)11(2)15)9-13(18-10)12-6-4-3-5-7-12;/h3-7,10-11,13H,8-9,15H2,1-2H3;1H/t10?,11-,13?;/m1./s1. The van der Waals surface area contributed by atoms with Gasteiger partial charge in [0.1, 0.15) is 6.10 Å². The molecule has 1 saturated heterocycles. The van der Waals surface area contributed by atoms with Gasteiger partial charge in [-0.1, -0.05) is 30.3 Å². The Morgan fingerprint density at radius 3 is 2.58 bits per heavy atom. The normalized spacial score (nSPS) is 24.5. The third-order valence-electron chi connectivity index (χ3n) is 3.13. The van der Waals surface area contributed by atoms with E-state index in [9.17, 15) is 4.79 Å². The van der Waals surface area contributed by atoms with Crippen LogP contribution in [0.25, 0.3) is 0 Å². The summed E-state index contributed by atoms with van der Waals surface area (Å²) in [5.41, 5.74) is 6.77. The van der Waals surface area contributed by atoms with E-state index in [2.05, 4.69) is 0 Å². The van der Waals surface area contributed by atoms with E-state index >= 15 is 0 Å². The van der Waals surface area contributed by atoms with Crippen LogP contribution in [0.1, 0.15) is 25.5 Å². The van der Waals surface area contributed by atoms with Gasteiger partial charge in [-0.2, -0.15) is 0 Å². The number of benzene rings is 1. The zero-order valence-electron chi connectivity index (χ0n) is 11.3. The van der Waals surface area contributed by atoms with Gasteiger partial charge < -0.3 is 15.4 Å². The van der Waals surface area contributed by atoms with Gasteiger partial charge in [-0.25, -0.2) is 0 Å². The van der Waals surface area contributed by atoms with E-state index in [4.69, 9.17) is 10.5 Å². The molecule has 0 spiro atoms. The van der Waals surface area contributed by atoms with Crippen LogP contribution >= 0.6 is 12.4 Å². The minimum Gasteiger partial charge on any atom is -0.367 e. The molecule has 0 radical (unpaired) electrons. The largest absolute Gasteiger partial charge is 0.367 e. The zero-order chi connectivity index (χ0) is 13.1. The second-order valence-electron chi connectivity index (χ2n) is 4.88. The van der Waals surface area contributed by atoms with Crippen LogP contribution in [0.15, 0.2) is 30.3 Å². The Morgan fingerprint density at radius 2 is 2.00 bits per heavy atom. The first kappa shape index (κ1) is 16.0. The topological polar surface area (TPSA) is 55.6 Å². The molecule has 4 nitrogen and oxygen atoms in total. The zero-order valence-corrected chi connectivity index (χ0v) is 12.1. The number of hydrogen-bond donors (Lipinski definition) is 1. The second-order valence-corrected chi connectivity index (χ2v) is 4.88. The lowest BCUT2D eigenvalue weighted by molar-refractivity contribution is -0.145. The highest BCUT2D eigenvalue weighted by atomic mass is 35.5. The van der Waals surface area contributed by atoms with Crippen molar-refractivity contribution in [3.63, 3.8) is 0 Å². The third-order valence-corrected chi connectivity index (χ3v) is 3.13. The Kier molecular flexibility index (Phi) is 5.79. The number of rotatable bonds is 2. The predicted octanol–water partition coefficient (Wildman–Crippen LogP) is 1.74. The lowest BCUT2D eigenvalue weighted by Gasteiger charge is -2.37. The Hall–Kier alpha value is -1.10. The van der Waals surface area contributed by atoms with Gasteiger partial charge >= 0.3 is 0 Å². The predicted molar refractivity (Wildman–Crippen MR) is 77.2 cm³/mol. The van der Waals surface area contributed by atoms with Crippen molar-refractivity contribution in [3.8, 4) is 0 Å². The third kappa shape index (κ3) is 3.93. The molecule has 1 aromatic rings. The highest BCUT2D eigenvalue weighted by Crippen LogP contribution is 2.25. The van der Waals surface area contributed by atoms with Crippen molar-refractivity contribution >= 4 is 18.3 Å². The number of carbonyl (C=O) groups excluding carboxylic acids is 1. The van der Waals surface area contributed by atoms with E-state index in [1.807, 2.05) is 37.3 Å². The maximum Gasteiger partial charge on any atom is 0.239 e. The number of ether oxygens (including phenoxy) is 1. The van der Waals surface area contributed by atoms with Gasteiger partial charge in [0.05, 0.1) is 18.7 Å². The smallest absolute Gasteiger partial charge is 0.239 e. The Balaban J connectivity index is 0.00000180. The van der Waals surface area contributed by atoms with Crippen molar-refractivity contribution in [2.45, 2.75) is 32.1 Å². The number of nitrogens with two attached hydrogens (primary N) is 1. The summed E-state index contributed by atoms with van der Waals surface area (Å²) in [4.78, 5) is 13.8. The fourth-order valence-corrected chi connectivity index (χ4v) is 2.27. The highest BCUT2D eigenvalue weighted by Gasteiger charge is 2.30. The summed E-state index contributed by atoms with van der Waals surface area (Å²) in [6.07, 6.45) is -0.0238. The average molecular weight is 285 g/mol. The maximum absolute atomic E-state index is 12.0. The van der Waals surface area contributed by atoms with Gasteiger partial charge in [-0.3, -0.25) is 4.79 Å². The molecule has 1 heterocycles. The number of hydrogen-bond acceptors (Lipinski definition) is 3. The van der Waals surface area contributed by atoms with Crippen LogP contribution in [0, 0.1) is 0 Å². The fourth-order valence-electron chi connectivity index (χ4n) is 2.27. The number of amides is 1. The minimum atomic E-state index is -0.452. The SMILES string of the molecule is CC1CN(C(=O)[C@@H](C)N)CC(c2ccccc2)O1.Cl. The molecule has 1 aromatic carbocycles. The van der Waals surface area contributed by atoms with Gasteiger partial charge in [0, 0.05) is 6.54 Å². The first-order chi connectivity index (χ1) is 8.58. The van der Waals surface area contributed by atoms with Gasteiger partial charge in [-0.15, -0.1) is 12.4 Å². The molecule has 2 unspecified atom stereocenters. The number of halogens is 1. The Morgan fingerprint density at radius 1 is 1.37 bits per heavy atom. The fraction of sp³-hybridized carbons (Fsp3) is 0.500. The average Bonchev–Trinajstić information content (AvgIpc) is 2.38. The molecule has 1 amide bonds. The van der Waals surface area contributed by atoms with Gasteiger partial charge in [0.2, 0.25) is 5.91 Å². The van der Waals surface area contributed by atoms with Crippen LogP contribution in [0.4, 0.5) is 0 Å². The molecule has 0 aliphatic carbocycles. The number of nitrogens with zero attached hydrogens (tertiary/aromatic N) is 1. The number of morpholine rings is 1. The molecule has 1 aliphatic heterocycles. The quantitative estimate of drug-likeness (QED) is 0.900. The molecule has 19 heavy (non-hydrogen) atoms. The van der Waals surface area contributed by atoms with E-state index in [0.717, 1.165) is 5.56 Å². The van der Waals surface area contributed by atoms with E-state index < -0.39 is 6.04 Å². The summed E-state index contributed by atoms with van der Waals surface area (Å²) in [5, 5.41) is 0. The molecule has 2 rings (SSSR count). The lowest BCUT2D eigenvalue weighted by atomic mass is 10.1. The van der Waals surface area contributed by atoms with E-state index in [1.54, 1.807) is 11.8 Å². The molecule has 0 aromatic heterocycles. The van der Waals surface area contributed by atoms with Crippen LogP contribution in [0.2, 0.25) is 0 Å². The summed E-state index contributed by atoms with van der Waals surface area (Å²) in [7, 11) is 0. The molecule has 0 bridgehead atoms. The molecule has 2 N–H and O–H groups in total. The molecular weight excluding hydrogens is 264 g/mol. The molecule has 0 saturated carbocycles. The van der Waals surface area contributed by atoms with Crippen molar-refractivity contribution < 1.29 is 9.53 Å². The van der Waals surface area contributed by atoms with Crippen molar-refractivity contribution in [2.75, 3.05) is 13.1 Å². The van der Waals surface area contributed by atoms with Crippen LogP contribution < -0.4 is 5.73 Å². The van der Waals surface area contributed by atoms with Crippen molar-refractivity contribution in [3.05, 3.63) is 35.9 Å². The van der Waals surface area contributed by atoms with Crippen molar-refractivity contribution in [2.24, 2.45) is 5.73 Å². The van der Waals surface area contributed by atoms with Crippen LogP contribution in [-0.4, -0.2) is 36.0 Å². The monoisotopic (exact) mass is 284 g/mol. The number of carbonyl (C=O) groups is 1. The molecular formula is C14H21ClN2O2. The van der Waals surface area contributed by atoms with Gasteiger partial charge in [0.25, 0.3) is 0 Å². The summed E-state index contributed by atoms with van der Waals surface area (Å²) in [6.45, 7) is 4.90. The summed E-state index contributed by atoms with van der Waals surface area (Å²) < 4.78 is 5.90. The van der Waals surface area contributed by atoms with Crippen LogP contribution in [0.5, 0.6) is 0 Å². The summed E-state index contributed by atoms with van der Waals surface area (Å²) in [5.74, 6) is -0.00826. The van der Waals surface area contributed by atoms with Crippen LogP contribution in [0.3, 0.4) is 0 Å². The molecule has 106 valence electrons. The van der Waals surface area contributed by atoms with Crippen LogP contribution in [-0.2, 0) is 9.53 Å². The minimum absolute atomic E-state index is 0. The Labute approximate surface area is 120 Å². The maximum atomic E-state index is 12.0. The summed E-state index contributed by atoms with van der Waals surface area (Å²) in [6, 6.07) is 9.53. The summed E-state index contributed by atoms with van der Waals surface area (Å²) >= 11 is 0. The lowest BCUT2D eigenvalue weighted by Crippen LogP contribution is -2.50. The van der Waals surface area contributed by atoms with Gasteiger partial charge in [0.15, 0.2) is 0 Å². The molecule has 3 atom stereocenters. The molecule has 1 aliphatic rings. The Bertz CT molecular complexity index is 411. The second kappa shape index (κ2) is 6.89. The molecule has 5 heteroatoms. The van der Waals surface area contributed by atoms with Crippen molar-refractivity contribution in [1.82, 2.24) is 4.90 Å². The molecule has 1 fully saturated rings. The highest BCUT2D eigenvalue weighted by molar-refractivity contribution is 5.85. The first-order valence-electron chi connectivity index (χ1n) is 6.32. The first-order valence-corrected chi connectivity index (χ1v) is 6.32.